The van der Waals surface area contributed by atoms with Crippen molar-refractivity contribution in [3.63, 3.8) is 0 Å². The first-order chi connectivity index (χ1) is 67.9. The molecule has 0 unspecified atom stereocenters. The number of tetrazole rings is 4. The molecule has 0 spiro atoms. The fraction of sp³-hybridized carbons (Fsp3) is 0.444. The average molecular weight is 1910 g/mol. The third-order valence-electron chi connectivity index (χ3n) is 26.1. The first-order valence-corrected chi connectivity index (χ1v) is 49.5. The molecule has 0 bridgehead atoms. The highest BCUT2D eigenvalue weighted by Crippen LogP contribution is 2.43. The van der Waals surface area contributed by atoms with Crippen LogP contribution in [-0.4, -0.2) is 200 Å². The van der Waals surface area contributed by atoms with Crippen LogP contribution in [0.15, 0.2) is 194 Å². The van der Waals surface area contributed by atoms with E-state index in [1.807, 2.05) is 261 Å². The second kappa shape index (κ2) is 54.8. The van der Waals surface area contributed by atoms with Gasteiger partial charge in [-0.1, -0.05) is 302 Å². The van der Waals surface area contributed by atoms with Gasteiger partial charge in [-0.3, -0.25) is 33.6 Å². The van der Waals surface area contributed by atoms with Crippen molar-refractivity contribution in [1.29, 1.82) is 0 Å². The van der Waals surface area contributed by atoms with Gasteiger partial charge in [0.2, 0.25) is 46.9 Å². The summed E-state index contributed by atoms with van der Waals surface area (Å²) in [6, 6.07) is 63.3. The van der Waals surface area contributed by atoms with E-state index in [-0.39, 0.29) is 60.6 Å². The number of esters is 3. The Hall–Kier alpha value is -14.2. The summed E-state index contributed by atoms with van der Waals surface area (Å²) in [5.74, 6) is 0.621. The van der Waals surface area contributed by atoms with E-state index < -0.39 is 28.3 Å². The van der Waals surface area contributed by atoms with Gasteiger partial charge in [0, 0.05) is 93.8 Å². The van der Waals surface area contributed by atoms with Crippen LogP contribution in [0.25, 0.3) is 90.1 Å². The van der Waals surface area contributed by atoms with Crippen LogP contribution in [0.5, 0.6) is 0 Å². The maximum atomic E-state index is 13.2. The van der Waals surface area contributed by atoms with Crippen molar-refractivity contribution in [2.24, 2.45) is 22.2 Å². The number of benzene rings is 8. The van der Waals surface area contributed by atoms with Gasteiger partial charge < -0.3 is 38.9 Å². The minimum absolute atomic E-state index is 0.000837. The molecule has 5 N–H and O–H groups in total. The molecule has 13 rings (SSSR count). The Morgan fingerprint density at radius 2 is 0.657 bits per heavy atom. The molecule has 1 atom stereocenters. The van der Waals surface area contributed by atoms with E-state index in [2.05, 4.69) is 108 Å². The minimum Gasteiger partial charge on any atom is -0.481 e. The van der Waals surface area contributed by atoms with E-state index in [1.54, 1.807) is 16.7 Å². The Kier molecular flexibility index (Phi) is 42.2. The van der Waals surface area contributed by atoms with Crippen LogP contribution in [0.2, 0.25) is 0 Å². The Morgan fingerprint density at radius 1 is 0.364 bits per heavy atom. The Morgan fingerprint density at radius 3 is 0.943 bits per heavy atom. The molecule has 1 fully saturated rings. The van der Waals surface area contributed by atoms with Gasteiger partial charge in [-0.25, -0.2) is 4.79 Å². The van der Waals surface area contributed by atoms with Crippen LogP contribution >= 0.6 is 0 Å². The lowest BCUT2D eigenvalue weighted by molar-refractivity contribution is -0.159. The van der Waals surface area contributed by atoms with E-state index in [0.29, 0.717) is 127 Å². The van der Waals surface area contributed by atoms with Gasteiger partial charge in [-0.05, 0) is 179 Å². The third kappa shape index (κ3) is 29.2. The number of amides is 4. The monoisotopic (exact) mass is 1910 g/mol. The normalized spacial score (nSPS) is 12.3. The molecule has 1 aliphatic rings. The van der Waals surface area contributed by atoms with E-state index in [0.717, 1.165) is 166 Å². The number of aromatic amines is 4. The molecule has 140 heavy (non-hydrogen) atoms. The van der Waals surface area contributed by atoms with Gasteiger partial charge >= 0.3 is 23.9 Å². The highest BCUT2D eigenvalue weighted by atomic mass is 16.5. The number of ether oxygens (including phenoxy) is 3. The summed E-state index contributed by atoms with van der Waals surface area (Å²) in [6.07, 6.45) is 14.5. The van der Waals surface area contributed by atoms with Crippen LogP contribution in [0.4, 0.5) is 0 Å². The fourth-order valence-electron chi connectivity index (χ4n) is 17.6. The number of H-pyrrole nitrogens is 4. The summed E-state index contributed by atoms with van der Waals surface area (Å²) in [5.41, 5.74) is 13.2. The van der Waals surface area contributed by atoms with Crippen LogP contribution in [-0.2, 0) is 78.7 Å². The van der Waals surface area contributed by atoms with E-state index in [9.17, 15) is 43.5 Å². The number of aromatic nitrogens is 16. The Labute approximate surface area is 821 Å². The molecule has 1 saturated carbocycles. The van der Waals surface area contributed by atoms with Gasteiger partial charge in [-0.15, -0.1) is 40.8 Å². The predicted octanol–water partition coefficient (Wildman–Crippen LogP) is 20.2. The van der Waals surface area contributed by atoms with Gasteiger partial charge in [0.15, 0.2) is 0 Å². The molecule has 32 heteroatoms. The zero-order valence-electron chi connectivity index (χ0n) is 83.4. The van der Waals surface area contributed by atoms with Gasteiger partial charge in [0.25, 0.3) is 0 Å². The second-order valence-corrected chi connectivity index (χ2v) is 35.7. The molecular weight excluding hydrogens is 1770 g/mol. The summed E-state index contributed by atoms with van der Waals surface area (Å²) in [6.45, 7) is 28.9. The van der Waals surface area contributed by atoms with Gasteiger partial charge in [0.1, 0.15) is 6.04 Å². The molecule has 12 aromatic rings. The molecule has 0 aliphatic heterocycles. The number of carbonyl (C=O) groups excluding carboxylic acids is 7. The number of unbranched alkanes of at least 4 members (excludes halogenated alkanes) is 4. The molecule has 8 aromatic carbocycles. The lowest BCUT2D eigenvalue weighted by atomic mass is 9.81. The molecule has 742 valence electrons. The van der Waals surface area contributed by atoms with Crippen molar-refractivity contribution in [2.75, 3.05) is 39.5 Å². The predicted molar refractivity (Wildman–Crippen MR) is 538 cm³/mol. The average Bonchev–Trinajstić information content (AvgIpc) is 1.70. The number of rotatable bonds is 47. The summed E-state index contributed by atoms with van der Waals surface area (Å²) >= 11 is 0. The Bertz CT molecular complexity index is 5640. The van der Waals surface area contributed by atoms with Crippen molar-refractivity contribution in [2.45, 2.75) is 251 Å². The van der Waals surface area contributed by atoms with E-state index >= 15 is 0 Å². The lowest BCUT2D eigenvalue weighted by Gasteiger charge is -2.35. The SMILES string of the molecule is CCCCC(=O)N(Cc1ccc(-c2ccccc2-c2nn[nH]n2)cc1)CC(CC)(CC)C(=O)O.CCCCC(=O)N(Cc1ccc(-c2ccccc2-c2nn[nH]n2)cc1)CC(CC)(CC)C(=O)OCC.CCCCC(=O)N(Cc1ccc(-c2ccccc2-c2nn[nH]n2)cc1)CC1(C(=O)OCC)CCCC1.CCCCC(=O)N(Cc1ccc(-c2ccccc2-c2nn[nH]n2)cc1)[C@H](C(=O)OCC)C(C)C. The van der Waals surface area contributed by atoms with Crippen LogP contribution in [0.3, 0.4) is 0 Å². The van der Waals surface area contributed by atoms with Gasteiger partial charge in [0.05, 0.1) is 36.1 Å². The number of carboxylic acid groups (broad SMARTS) is 1. The summed E-state index contributed by atoms with van der Waals surface area (Å²) in [7, 11) is 0. The molecule has 4 aromatic heterocycles. The highest BCUT2D eigenvalue weighted by Gasteiger charge is 2.46. The Balaban J connectivity index is 0.000000192. The molecule has 0 radical (unpaired) electrons. The molecular formula is C108H138N20O12. The summed E-state index contributed by atoms with van der Waals surface area (Å²) < 4.78 is 16.2. The van der Waals surface area contributed by atoms with E-state index in [1.165, 1.54) is 0 Å². The van der Waals surface area contributed by atoms with E-state index in [4.69, 9.17) is 14.2 Å². The quantitative estimate of drug-likeness (QED) is 0.0175. The van der Waals surface area contributed by atoms with Crippen LogP contribution < -0.4 is 0 Å². The standard InChI is InChI=1S/C28H35N5O3.C28H37N5O3.2C26H33N5O3/c1-3-5-12-25(34)33(20-28(17-8-9-18-28)27(35)36-4-2)19-21-13-15-22(16-14-21)23-10-6-7-11-24(23)26-29-31-32-30-26;1-5-9-14-25(34)33(20-28(6-2,7-3)27(35)36-8-4)19-21-15-17-22(18-16-21)23-12-10-11-13-24(23)26-29-31-32-30-26;1-5-7-12-23(32)31(24(18(3)4)26(33)34-6-2)17-19-13-15-20(16-14-19)21-10-8-9-11-22(21)25-27-29-30-28-25;1-4-7-12-23(32)31(18-26(5-2,6-3)25(33)34)17-19-13-15-20(16-14-19)21-10-8-9-11-22(21)24-27-29-30-28-24/h6-7,10-11,13-16H,3-5,8-9,12,17-20H2,1-2H3,(H,29,30,31,32);10-13,15-18H,5-9,14,19-20H2,1-4H3,(H,29,30,31,32);8-11,13-16,18,24H,5-7,12,17H2,1-4H3,(H,27,28,29,30);8-11,13-16H,4-7,12,17-18H2,1-3H3,(H,33,34)(H,27,28,29,30)/t;;24-;/m..0./s1. The second-order valence-electron chi connectivity index (χ2n) is 35.7. The topological polar surface area (TPSA) is 415 Å². The lowest BCUT2D eigenvalue weighted by Crippen LogP contribution is -2.48. The molecule has 32 nitrogen and oxygen atoms in total. The molecule has 4 heterocycles. The number of nitrogens with one attached hydrogen (secondary N) is 4. The summed E-state index contributed by atoms with van der Waals surface area (Å²) in [4.78, 5) is 110. The number of carbonyl (C=O) groups is 8. The number of carboxylic acids is 1. The highest BCUT2D eigenvalue weighted by molar-refractivity contribution is 5.88. The van der Waals surface area contributed by atoms with Crippen molar-refractivity contribution in [3.05, 3.63) is 216 Å². The first kappa shape index (κ1) is 108. The number of nitrogens with zero attached hydrogens (tertiary/aromatic N) is 16. The zero-order valence-corrected chi connectivity index (χ0v) is 83.4. The summed E-state index contributed by atoms with van der Waals surface area (Å²) in [5, 5.41) is 67.5. The number of aliphatic carboxylic acids is 1. The van der Waals surface area contributed by atoms with Gasteiger partial charge in [-0.2, -0.15) is 20.9 Å². The third-order valence-corrected chi connectivity index (χ3v) is 26.1. The van der Waals surface area contributed by atoms with Crippen molar-refractivity contribution in [3.8, 4) is 90.1 Å². The molecule has 4 amide bonds. The molecule has 0 saturated heterocycles. The largest absolute Gasteiger partial charge is 0.481 e. The maximum Gasteiger partial charge on any atom is 0.329 e. The zero-order chi connectivity index (χ0) is 100. The first-order valence-electron chi connectivity index (χ1n) is 49.5. The van der Waals surface area contributed by atoms with Crippen molar-refractivity contribution >= 4 is 47.5 Å². The molecule has 1 aliphatic carbocycles. The number of hydrogen-bond acceptors (Lipinski definition) is 23. The van der Waals surface area contributed by atoms with Crippen molar-refractivity contribution < 1.29 is 57.7 Å². The smallest absolute Gasteiger partial charge is 0.329 e. The number of hydrogen-bond donors (Lipinski definition) is 5. The van der Waals surface area contributed by atoms with Crippen LogP contribution in [0.1, 0.15) is 241 Å². The minimum atomic E-state index is -0.939. The fourth-order valence-corrected chi connectivity index (χ4v) is 17.6. The van der Waals surface area contributed by atoms with Crippen LogP contribution in [0, 0.1) is 22.2 Å². The maximum absolute atomic E-state index is 13.2. The van der Waals surface area contributed by atoms with Crippen molar-refractivity contribution in [1.82, 2.24) is 102 Å².